The molecule has 0 saturated carbocycles. The molecule has 0 aliphatic carbocycles. The van der Waals surface area contributed by atoms with Gasteiger partial charge >= 0.3 is 0 Å². The fraction of sp³-hybridized carbons (Fsp3) is 0.421. The van der Waals surface area contributed by atoms with Crippen molar-refractivity contribution in [3.63, 3.8) is 0 Å². The molecule has 1 fully saturated rings. The molecule has 2 aromatic carbocycles. The molecule has 0 radical (unpaired) electrons. The number of carbonyl (C=O) groups is 1. The molecule has 3 rings (SSSR count). The summed E-state index contributed by atoms with van der Waals surface area (Å²) in [6, 6.07) is 15.1. The minimum atomic E-state index is -0.175. The third-order valence-electron chi connectivity index (χ3n) is 4.68. The number of nitrogens with two attached hydrogens (primary N) is 1. The van der Waals surface area contributed by atoms with E-state index < -0.39 is 0 Å². The zero-order chi connectivity index (χ0) is 15.4. The van der Waals surface area contributed by atoms with Crippen LogP contribution in [0.15, 0.2) is 42.5 Å². The van der Waals surface area contributed by atoms with Crippen LogP contribution in [0.25, 0.3) is 10.8 Å². The zero-order valence-corrected chi connectivity index (χ0v) is 13.0. The van der Waals surface area contributed by atoms with E-state index in [0.29, 0.717) is 12.3 Å². The molecule has 0 bridgehead atoms. The standard InChI is InChI=1S/C19H24N2O/c20-19(22)11-10-15-5-4-12-21(13-15)14-17-8-3-7-16-6-1-2-9-18(16)17/h1-3,6-9,15H,4-5,10-14H2,(H2,20,22). The molecule has 1 unspecified atom stereocenters. The van der Waals surface area contributed by atoms with E-state index in [-0.39, 0.29) is 5.91 Å². The lowest BCUT2D eigenvalue weighted by molar-refractivity contribution is -0.118. The van der Waals surface area contributed by atoms with Crippen molar-refractivity contribution in [1.29, 1.82) is 0 Å². The van der Waals surface area contributed by atoms with Gasteiger partial charge in [0, 0.05) is 19.5 Å². The largest absolute Gasteiger partial charge is 0.370 e. The number of hydrogen-bond acceptors (Lipinski definition) is 2. The van der Waals surface area contributed by atoms with E-state index in [1.807, 2.05) is 0 Å². The van der Waals surface area contributed by atoms with Crippen molar-refractivity contribution in [1.82, 2.24) is 4.90 Å². The van der Waals surface area contributed by atoms with Crippen LogP contribution in [0.2, 0.25) is 0 Å². The second-order valence-corrected chi connectivity index (χ2v) is 6.39. The van der Waals surface area contributed by atoms with Gasteiger partial charge in [-0.05, 0) is 48.1 Å². The summed E-state index contributed by atoms with van der Waals surface area (Å²) in [5.74, 6) is 0.433. The second-order valence-electron chi connectivity index (χ2n) is 6.39. The maximum Gasteiger partial charge on any atom is 0.217 e. The molecular formula is C19H24N2O. The van der Waals surface area contributed by atoms with Crippen molar-refractivity contribution < 1.29 is 4.79 Å². The predicted octanol–water partition coefficient (Wildman–Crippen LogP) is 3.32. The Morgan fingerprint density at radius 1 is 1.18 bits per heavy atom. The summed E-state index contributed by atoms with van der Waals surface area (Å²) >= 11 is 0. The Hall–Kier alpha value is -1.87. The van der Waals surface area contributed by atoms with Crippen LogP contribution in [0, 0.1) is 5.92 Å². The van der Waals surface area contributed by atoms with Crippen LogP contribution in [0.1, 0.15) is 31.2 Å². The highest BCUT2D eigenvalue weighted by Gasteiger charge is 2.20. The Morgan fingerprint density at radius 2 is 2.00 bits per heavy atom. The first kappa shape index (κ1) is 15.0. The van der Waals surface area contributed by atoms with Crippen LogP contribution >= 0.6 is 0 Å². The molecule has 1 amide bonds. The number of benzene rings is 2. The lowest BCUT2D eigenvalue weighted by Crippen LogP contribution is -2.35. The molecule has 3 heteroatoms. The highest BCUT2D eigenvalue weighted by Crippen LogP contribution is 2.25. The molecule has 0 spiro atoms. The summed E-state index contributed by atoms with van der Waals surface area (Å²) in [4.78, 5) is 13.5. The van der Waals surface area contributed by atoms with E-state index in [1.54, 1.807) is 0 Å². The molecule has 1 atom stereocenters. The maximum atomic E-state index is 11.0. The van der Waals surface area contributed by atoms with E-state index in [9.17, 15) is 4.79 Å². The number of amides is 1. The summed E-state index contributed by atoms with van der Waals surface area (Å²) in [5, 5.41) is 2.66. The topological polar surface area (TPSA) is 46.3 Å². The Kier molecular flexibility index (Phi) is 4.74. The molecule has 1 heterocycles. The first-order valence-corrected chi connectivity index (χ1v) is 8.19. The van der Waals surface area contributed by atoms with Crippen molar-refractivity contribution >= 4 is 16.7 Å². The van der Waals surface area contributed by atoms with E-state index >= 15 is 0 Å². The van der Waals surface area contributed by atoms with Gasteiger partial charge in [-0.15, -0.1) is 0 Å². The first-order valence-electron chi connectivity index (χ1n) is 8.19. The SMILES string of the molecule is NC(=O)CCC1CCCN(Cc2cccc3ccccc23)C1. The smallest absolute Gasteiger partial charge is 0.217 e. The number of piperidine rings is 1. The van der Waals surface area contributed by atoms with E-state index in [4.69, 9.17) is 5.73 Å². The quantitative estimate of drug-likeness (QED) is 0.920. The summed E-state index contributed by atoms with van der Waals surface area (Å²) in [6.45, 7) is 3.22. The third kappa shape index (κ3) is 3.66. The molecule has 1 saturated heterocycles. The van der Waals surface area contributed by atoms with Gasteiger partial charge in [0.2, 0.25) is 5.91 Å². The van der Waals surface area contributed by atoms with E-state index in [2.05, 4.69) is 47.4 Å². The summed E-state index contributed by atoms with van der Waals surface area (Å²) in [7, 11) is 0. The highest BCUT2D eigenvalue weighted by atomic mass is 16.1. The average Bonchev–Trinajstić information content (AvgIpc) is 2.54. The van der Waals surface area contributed by atoms with Gasteiger partial charge in [0.1, 0.15) is 0 Å². The van der Waals surface area contributed by atoms with E-state index in [0.717, 1.165) is 26.1 Å². The van der Waals surface area contributed by atoms with Crippen molar-refractivity contribution in [2.24, 2.45) is 11.7 Å². The zero-order valence-electron chi connectivity index (χ0n) is 13.0. The molecule has 22 heavy (non-hydrogen) atoms. The van der Waals surface area contributed by atoms with Crippen LogP contribution in [0.5, 0.6) is 0 Å². The highest BCUT2D eigenvalue weighted by molar-refractivity contribution is 5.85. The molecule has 2 N–H and O–H groups in total. The van der Waals surface area contributed by atoms with Crippen LogP contribution in [-0.4, -0.2) is 23.9 Å². The Labute approximate surface area is 132 Å². The van der Waals surface area contributed by atoms with Gasteiger partial charge in [0.15, 0.2) is 0 Å². The Morgan fingerprint density at radius 3 is 2.86 bits per heavy atom. The summed E-state index contributed by atoms with van der Waals surface area (Å²) in [6.07, 6.45) is 3.89. The minimum Gasteiger partial charge on any atom is -0.370 e. The molecule has 1 aliphatic heterocycles. The normalized spacial score (nSPS) is 19.4. The minimum absolute atomic E-state index is 0.175. The number of primary amides is 1. The number of carbonyl (C=O) groups excluding carboxylic acids is 1. The van der Waals surface area contributed by atoms with Gasteiger partial charge < -0.3 is 5.73 Å². The lowest BCUT2D eigenvalue weighted by Gasteiger charge is -2.33. The van der Waals surface area contributed by atoms with Gasteiger partial charge in [0.25, 0.3) is 0 Å². The van der Waals surface area contributed by atoms with Crippen molar-refractivity contribution in [2.75, 3.05) is 13.1 Å². The predicted molar refractivity (Wildman–Crippen MR) is 90.4 cm³/mol. The molecule has 1 aliphatic rings. The number of likely N-dealkylation sites (tertiary alicyclic amines) is 1. The second kappa shape index (κ2) is 6.93. The average molecular weight is 296 g/mol. The van der Waals surface area contributed by atoms with Crippen LogP contribution < -0.4 is 5.73 Å². The third-order valence-corrected chi connectivity index (χ3v) is 4.68. The Balaban J connectivity index is 1.68. The molecule has 116 valence electrons. The molecular weight excluding hydrogens is 272 g/mol. The number of fused-ring (bicyclic) bond motifs is 1. The monoisotopic (exact) mass is 296 g/mol. The van der Waals surface area contributed by atoms with Crippen LogP contribution in [-0.2, 0) is 11.3 Å². The first-order chi connectivity index (χ1) is 10.7. The van der Waals surface area contributed by atoms with Crippen molar-refractivity contribution in [2.45, 2.75) is 32.2 Å². The molecule has 2 aromatic rings. The lowest BCUT2D eigenvalue weighted by atomic mass is 9.92. The number of rotatable bonds is 5. The van der Waals surface area contributed by atoms with Gasteiger partial charge in [-0.2, -0.15) is 0 Å². The Bertz CT molecular complexity index is 647. The molecule has 3 nitrogen and oxygen atoms in total. The summed E-state index contributed by atoms with van der Waals surface area (Å²) in [5.41, 5.74) is 6.67. The van der Waals surface area contributed by atoms with Gasteiger partial charge in [-0.1, -0.05) is 42.5 Å². The van der Waals surface area contributed by atoms with Crippen LogP contribution in [0.3, 0.4) is 0 Å². The van der Waals surface area contributed by atoms with Crippen molar-refractivity contribution in [3.8, 4) is 0 Å². The number of nitrogens with zero attached hydrogens (tertiary/aromatic N) is 1. The summed E-state index contributed by atoms with van der Waals surface area (Å²) < 4.78 is 0. The van der Waals surface area contributed by atoms with Gasteiger partial charge in [-0.25, -0.2) is 0 Å². The van der Waals surface area contributed by atoms with Crippen LogP contribution in [0.4, 0.5) is 0 Å². The molecule has 0 aromatic heterocycles. The van der Waals surface area contributed by atoms with E-state index in [1.165, 1.54) is 29.2 Å². The van der Waals surface area contributed by atoms with Gasteiger partial charge in [-0.3, -0.25) is 9.69 Å². The van der Waals surface area contributed by atoms with Crippen molar-refractivity contribution in [3.05, 3.63) is 48.0 Å². The number of hydrogen-bond donors (Lipinski definition) is 1. The van der Waals surface area contributed by atoms with Gasteiger partial charge in [0.05, 0.1) is 0 Å². The fourth-order valence-electron chi connectivity index (χ4n) is 3.55. The maximum absolute atomic E-state index is 11.0. The fourth-order valence-corrected chi connectivity index (χ4v) is 3.55.